The SMILES string of the molecule is CC1(C)OB(C(COc2ccccc2)CC(F)(F)C(F)(F)C(F)(F)C(F)(F)F)OC1(C)C. The van der Waals surface area contributed by atoms with Crippen molar-refractivity contribution in [2.24, 2.45) is 0 Å². The first-order valence-corrected chi connectivity index (χ1v) is 9.49. The van der Waals surface area contributed by atoms with Crippen LogP contribution in [0.3, 0.4) is 0 Å². The Morgan fingerprint density at radius 2 is 1.28 bits per heavy atom. The lowest BCUT2D eigenvalue weighted by molar-refractivity contribution is -0.396. The molecule has 0 saturated carbocycles. The molecule has 1 aliphatic rings. The summed E-state index contributed by atoms with van der Waals surface area (Å²) in [4.78, 5) is 0. The van der Waals surface area contributed by atoms with E-state index in [0.717, 1.165) is 0 Å². The van der Waals surface area contributed by atoms with Gasteiger partial charge < -0.3 is 14.0 Å². The van der Waals surface area contributed by atoms with Gasteiger partial charge in [0.2, 0.25) is 0 Å². The molecule has 0 N–H and O–H groups in total. The zero-order valence-corrected chi connectivity index (χ0v) is 17.6. The molecule has 1 atom stereocenters. The molecule has 1 aromatic carbocycles. The Bertz CT molecular complexity index is 766. The van der Waals surface area contributed by atoms with Gasteiger partial charge in [0.05, 0.1) is 17.8 Å². The van der Waals surface area contributed by atoms with Gasteiger partial charge in [-0.15, -0.1) is 0 Å². The maximum absolute atomic E-state index is 14.3. The van der Waals surface area contributed by atoms with E-state index < -0.39 is 61.1 Å². The molecule has 0 aliphatic carbocycles. The van der Waals surface area contributed by atoms with Crippen LogP contribution in [0.5, 0.6) is 5.75 Å². The molecule has 182 valence electrons. The number of para-hydroxylation sites is 1. The highest BCUT2D eigenvalue weighted by molar-refractivity contribution is 6.47. The number of ether oxygens (including phenoxy) is 1. The zero-order chi connectivity index (χ0) is 24.8. The number of halogens is 9. The largest absolute Gasteiger partial charge is 0.494 e. The Balaban J connectivity index is 2.34. The number of hydrogen-bond acceptors (Lipinski definition) is 3. The van der Waals surface area contributed by atoms with Crippen LogP contribution in [0.4, 0.5) is 39.5 Å². The minimum Gasteiger partial charge on any atom is -0.494 e. The lowest BCUT2D eigenvalue weighted by Crippen LogP contribution is -2.61. The van der Waals surface area contributed by atoms with Crippen molar-refractivity contribution < 1.29 is 53.6 Å². The normalized spacial score (nSPS) is 20.3. The molecular formula is C19H22BF9O3. The van der Waals surface area contributed by atoms with Crippen LogP contribution in [0, 0.1) is 0 Å². The van der Waals surface area contributed by atoms with Crippen molar-refractivity contribution in [3.63, 3.8) is 0 Å². The van der Waals surface area contributed by atoms with Crippen LogP contribution in [0.15, 0.2) is 30.3 Å². The molecule has 3 nitrogen and oxygen atoms in total. The van der Waals surface area contributed by atoms with E-state index in [1.54, 1.807) is 6.07 Å². The second kappa shape index (κ2) is 8.30. The summed E-state index contributed by atoms with van der Waals surface area (Å²) < 4.78 is 137. The summed E-state index contributed by atoms with van der Waals surface area (Å²) in [6, 6.07) is 7.46. The number of benzene rings is 1. The van der Waals surface area contributed by atoms with Crippen molar-refractivity contribution in [1.29, 1.82) is 0 Å². The summed E-state index contributed by atoms with van der Waals surface area (Å²) in [6.07, 6.45) is -9.00. The van der Waals surface area contributed by atoms with E-state index in [0.29, 0.717) is 0 Å². The van der Waals surface area contributed by atoms with Crippen molar-refractivity contribution in [2.75, 3.05) is 6.61 Å². The highest BCUT2D eigenvalue weighted by Gasteiger charge is 2.81. The van der Waals surface area contributed by atoms with E-state index in [4.69, 9.17) is 14.0 Å². The van der Waals surface area contributed by atoms with E-state index in [1.807, 2.05) is 0 Å². The first kappa shape index (κ1) is 26.6. The fourth-order valence-electron chi connectivity index (χ4n) is 2.90. The molecule has 0 aromatic heterocycles. The van der Waals surface area contributed by atoms with Gasteiger partial charge in [-0.25, -0.2) is 0 Å². The molecule has 1 aliphatic heterocycles. The van der Waals surface area contributed by atoms with Gasteiger partial charge in [0.15, 0.2) is 0 Å². The fourth-order valence-corrected chi connectivity index (χ4v) is 2.90. The molecule has 1 unspecified atom stereocenters. The third-order valence-electron chi connectivity index (χ3n) is 5.59. The predicted molar refractivity (Wildman–Crippen MR) is 97.3 cm³/mol. The third kappa shape index (κ3) is 4.83. The van der Waals surface area contributed by atoms with Crippen molar-refractivity contribution in [3.05, 3.63) is 30.3 Å². The molecular weight excluding hydrogens is 458 g/mol. The van der Waals surface area contributed by atoms with Crippen LogP contribution in [-0.2, 0) is 9.31 Å². The molecule has 13 heteroatoms. The van der Waals surface area contributed by atoms with Gasteiger partial charge in [-0.1, -0.05) is 18.2 Å². The second-order valence-corrected chi connectivity index (χ2v) is 8.56. The minimum absolute atomic E-state index is 0.129. The van der Waals surface area contributed by atoms with E-state index >= 15 is 0 Å². The summed E-state index contributed by atoms with van der Waals surface area (Å²) in [7, 11) is -1.63. The summed E-state index contributed by atoms with van der Waals surface area (Å²) in [6.45, 7) is 5.31. The van der Waals surface area contributed by atoms with Crippen LogP contribution in [-0.4, -0.2) is 48.9 Å². The molecule has 1 saturated heterocycles. The van der Waals surface area contributed by atoms with E-state index in [2.05, 4.69) is 0 Å². The standard InChI is InChI=1S/C19H22BF9O3/c1-14(2)15(3,4)32-20(31-14)12(11-30-13-8-6-5-7-9-13)10-16(21,22)17(23,24)18(25,26)19(27,28)29/h5-9,12H,10-11H2,1-4H3. The average Bonchev–Trinajstić information content (AvgIpc) is 2.85. The highest BCUT2D eigenvalue weighted by atomic mass is 19.4. The van der Waals surface area contributed by atoms with Crippen molar-refractivity contribution in [3.8, 4) is 5.75 Å². The predicted octanol–water partition coefficient (Wildman–Crippen LogP) is 6.39. The molecule has 1 aromatic rings. The first-order valence-electron chi connectivity index (χ1n) is 9.49. The first-order chi connectivity index (χ1) is 14.3. The molecule has 1 fully saturated rings. The highest BCUT2D eigenvalue weighted by Crippen LogP contribution is 2.56. The quantitative estimate of drug-likeness (QED) is 0.319. The molecule has 0 bridgehead atoms. The Morgan fingerprint density at radius 3 is 1.72 bits per heavy atom. The van der Waals surface area contributed by atoms with Crippen LogP contribution < -0.4 is 4.74 Å². The smallest absolute Gasteiger partial charge is 0.464 e. The average molecular weight is 480 g/mol. The maximum Gasteiger partial charge on any atom is 0.464 e. The van der Waals surface area contributed by atoms with Gasteiger partial charge in [0.25, 0.3) is 0 Å². The maximum atomic E-state index is 14.3. The number of hydrogen-bond donors (Lipinski definition) is 0. The van der Waals surface area contributed by atoms with Crippen LogP contribution in [0.2, 0.25) is 5.82 Å². The number of rotatable bonds is 8. The van der Waals surface area contributed by atoms with E-state index in [-0.39, 0.29) is 5.75 Å². The van der Waals surface area contributed by atoms with Crippen molar-refractivity contribution >= 4 is 7.12 Å². The third-order valence-corrected chi connectivity index (χ3v) is 5.59. The summed E-state index contributed by atoms with van der Waals surface area (Å²) in [5, 5.41) is 0. The van der Waals surface area contributed by atoms with E-state index in [1.165, 1.54) is 52.0 Å². The Morgan fingerprint density at radius 1 is 0.812 bits per heavy atom. The van der Waals surface area contributed by atoms with Gasteiger partial charge in [0, 0.05) is 12.2 Å². The number of alkyl halides is 9. The van der Waals surface area contributed by atoms with Crippen LogP contribution >= 0.6 is 0 Å². The Labute approximate surface area is 179 Å². The van der Waals surface area contributed by atoms with E-state index in [9.17, 15) is 39.5 Å². The van der Waals surface area contributed by atoms with Crippen LogP contribution in [0.1, 0.15) is 34.1 Å². The van der Waals surface area contributed by atoms with Crippen LogP contribution in [0.25, 0.3) is 0 Å². The van der Waals surface area contributed by atoms with Gasteiger partial charge >= 0.3 is 31.1 Å². The second-order valence-electron chi connectivity index (χ2n) is 8.56. The summed E-state index contributed by atoms with van der Waals surface area (Å²) in [5.41, 5.74) is -2.23. The van der Waals surface area contributed by atoms with Gasteiger partial charge in [-0.2, -0.15) is 39.5 Å². The molecule has 1 heterocycles. The Kier molecular flexibility index (Phi) is 6.91. The molecule has 2 rings (SSSR count). The van der Waals surface area contributed by atoms with Crippen molar-refractivity contribution in [2.45, 2.75) is 75.1 Å². The molecule has 32 heavy (non-hydrogen) atoms. The van der Waals surface area contributed by atoms with Gasteiger partial charge in [-0.05, 0) is 39.8 Å². The lowest BCUT2D eigenvalue weighted by Gasteiger charge is -2.35. The van der Waals surface area contributed by atoms with Gasteiger partial charge in [0.1, 0.15) is 5.75 Å². The summed E-state index contributed by atoms with van der Waals surface area (Å²) in [5.74, 6) is -21.2. The summed E-state index contributed by atoms with van der Waals surface area (Å²) >= 11 is 0. The fraction of sp³-hybridized carbons (Fsp3) is 0.684. The monoisotopic (exact) mass is 480 g/mol. The lowest BCUT2D eigenvalue weighted by atomic mass is 9.68. The topological polar surface area (TPSA) is 27.7 Å². The Hall–Kier alpha value is -1.63. The zero-order valence-electron chi connectivity index (χ0n) is 17.6. The minimum atomic E-state index is -6.97. The van der Waals surface area contributed by atoms with Gasteiger partial charge in [-0.3, -0.25) is 0 Å². The van der Waals surface area contributed by atoms with Crippen molar-refractivity contribution in [1.82, 2.24) is 0 Å². The molecule has 0 spiro atoms. The molecule has 0 amide bonds. The molecule has 0 radical (unpaired) electrons.